The summed E-state index contributed by atoms with van der Waals surface area (Å²) in [7, 11) is 0. The highest BCUT2D eigenvalue weighted by Gasteiger charge is 2.27. The number of rotatable bonds is 5. The number of benzene rings is 9. The molecule has 276 valence electrons. The maximum absolute atomic E-state index is 7.14. The summed E-state index contributed by atoms with van der Waals surface area (Å²) in [4.78, 5) is 0. The second-order valence-electron chi connectivity index (χ2n) is 15.6. The molecule has 4 heteroatoms. The van der Waals surface area contributed by atoms with E-state index >= 15 is 0 Å². The first kappa shape index (κ1) is 32.3. The lowest BCUT2D eigenvalue weighted by Gasteiger charge is -2.14. The van der Waals surface area contributed by atoms with Gasteiger partial charge in [-0.2, -0.15) is 0 Å². The number of para-hydroxylation sites is 4. The van der Waals surface area contributed by atoms with Gasteiger partial charge in [0.05, 0.1) is 27.5 Å². The first-order valence-electron chi connectivity index (χ1n) is 20.2. The second-order valence-corrected chi connectivity index (χ2v) is 15.6. The van der Waals surface area contributed by atoms with Gasteiger partial charge in [0, 0.05) is 66.6 Å². The summed E-state index contributed by atoms with van der Waals surface area (Å²) in [6, 6.07) is 69.5. The Labute approximate surface area is 338 Å². The fourth-order valence-corrected chi connectivity index (χ4v) is 9.87. The van der Waals surface area contributed by atoms with Gasteiger partial charge in [-0.15, -0.1) is 0 Å². The molecule has 13 rings (SSSR count). The summed E-state index contributed by atoms with van der Waals surface area (Å²) in [6.07, 6.45) is 0.691. The minimum atomic E-state index is 0.691. The molecule has 0 atom stereocenters. The molecule has 4 nitrogen and oxygen atoms in total. The van der Waals surface area contributed by atoms with Crippen molar-refractivity contribution >= 4 is 87.5 Å². The smallest absolute Gasteiger partial charge is 0.147 e. The highest BCUT2D eigenvalue weighted by molar-refractivity contribution is 6.28. The molecular formula is C55H34N2O2. The normalized spacial score (nSPS) is 12.1. The van der Waals surface area contributed by atoms with Crippen molar-refractivity contribution in [2.75, 3.05) is 0 Å². The van der Waals surface area contributed by atoms with Gasteiger partial charge in [0.2, 0.25) is 0 Å². The monoisotopic (exact) mass is 754 g/mol. The molecule has 0 radical (unpaired) electrons. The summed E-state index contributed by atoms with van der Waals surface area (Å²) in [5.74, 6) is 0. The Kier molecular flexibility index (Phi) is 6.75. The van der Waals surface area contributed by atoms with Gasteiger partial charge in [-0.05, 0) is 71.8 Å². The molecular weight excluding hydrogens is 721 g/mol. The number of hydrogen-bond acceptors (Lipinski definition) is 2. The summed E-state index contributed by atoms with van der Waals surface area (Å²) < 4.78 is 19.0. The number of furan rings is 2. The largest absolute Gasteiger partial charge is 0.456 e. The number of aromatic nitrogens is 2. The van der Waals surface area contributed by atoms with Crippen LogP contribution in [0.4, 0.5) is 0 Å². The average molecular weight is 755 g/mol. The lowest BCUT2D eigenvalue weighted by Crippen LogP contribution is -1.96. The van der Waals surface area contributed by atoms with E-state index in [9.17, 15) is 0 Å². The van der Waals surface area contributed by atoms with Crippen molar-refractivity contribution in [3.05, 3.63) is 205 Å². The van der Waals surface area contributed by atoms with Crippen LogP contribution in [0.2, 0.25) is 0 Å². The van der Waals surface area contributed by atoms with Crippen molar-refractivity contribution in [2.45, 2.75) is 6.42 Å². The Bertz CT molecular complexity index is 3700. The quantitative estimate of drug-likeness (QED) is 0.175. The van der Waals surface area contributed by atoms with Crippen molar-refractivity contribution in [1.82, 2.24) is 9.13 Å². The van der Waals surface area contributed by atoms with Crippen LogP contribution in [0.1, 0.15) is 11.1 Å². The molecule has 0 aliphatic carbocycles. The fraction of sp³-hybridized carbons (Fsp3) is 0.0182. The van der Waals surface area contributed by atoms with Gasteiger partial charge >= 0.3 is 0 Å². The highest BCUT2D eigenvalue weighted by Crippen LogP contribution is 2.49. The third kappa shape index (κ3) is 4.66. The van der Waals surface area contributed by atoms with E-state index in [1.54, 1.807) is 0 Å². The van der Waals surface area contributed by atoms with E-state index in [-0.39, 0.29) is 0 Å². The first-order valence-corrected chi connectivity index (χ1v) is 20.2. The Hall–Kier alpha value is -7.82. The SMILES string of the molecule is c1ccc(Cc2c(-c3ccccc3)c3c4cc(-n5c6ccccc6c6ccccc65)ccc4oc3c3c2oc2ccc(-n4c5ccccc5c5ccccc54)cc23)cc1. The molecule has 0 unspecified atom stereocenters. The topological polar surface area (TPSA) is 36.1 Å². The van der Waals surface area contributed by atoms with E-state index in [0.29, 0.717) is 6.42 Å². The van der Waals surface area contributed by atoms with Crippen LogP contribution < -0.4 is 0 Å². The summed E-state index contributed by atoms with van der Waals surface area (Å²) >= 11 is 0. The molecule has 0 fully saturated rings. The Morgan fingerprint density at radius 1 is 0.356 bits per heavy atom. The van der Waals surface area contributed by atoms with Gasteiger partial charge in [-0.1, -0.05) is 133 Å². The highest BCUT2D eigenvalue weighted by atomic mass is 16.3. The van der Waals surface area contributed by atoms with Gasteiger partial charge in [0.15, 0.2) is 0 Å². The molecule has 0 saturated heterocycles. The van der Waals surface area contributed by atoms with Gasteiger partial charge in [-0.25, -0.2) is 0 Å². The van der Waals surface area contributed by atoms with Crippen LogP contribution in [-0.2, 0) is 6.42 Å². The van der Waals surface area contributed by atoms with E-state index in [1.165, 1.54) is 49.2 Å². The molecule has 0 bridgehead atoms. The van der Waals surface area contributed by atoms with Crippen molar-refractivity contribution in [1.29, 1.82) is 0 Å². The molecule has 13 aromatic rings. The fourth-order valence-electron chi connectivity index (χ4n) is 9.87. The zero-order chi connectivity index (χ0) is 38.6. The molecule has 9 aromatic carbocycles. The van der Waals surface area contributed by atoms with E-state index < -0.39 is 0 Å². The zero-order valence-corrected chi connectivity index (χ0v) is 31.9. The molecule has 0 N–H and O–H groups in total. The summed E-state index contributed by atoms with van der Waals surface area (Å²) in [5.41, 5.74) is 14.8. The lowest BCUT2D eigenvalue weighted by molar-refractivity contribution is 0.659. The maximum atomic E-state index is 7.14. The van der Waals surface area contributed by atoms with Crippen molar-refractivity contribution in [2.24, 2.45) is 0 Å². The van der Waals surface area contributed by atoms with Crippen LogP contribution in [0.15, 0.2) is 203 Å². The van der Waals surface area contributed by atoms with Gasteiger partial charge in [0.1, 0.15) is 22.3 Å². The van der Waals surface area contributed by atoms with E-state index in [4.69, 9.17) is 8.83 Å². The zero-order valence-electron chi connectivity index (χ0n) is 31.9. The van der Waals surface area contributed by atoms with Crippen molar-refractivity contribution < 1.29 is 8.83 Å². The summed E-state index contributed by atoms with van der Waals surface area (Å²) in [6.45, 7) is 0. The van der Waals surface area contributed by atoms with Crippen LogP contribution >= 0.6 is 0 Å². The predicted molar refractivity (Wildman–Crippen MR) is 244 cm³/mol. The van der Waals surface area contributed by atoms with E-state index in [1.807, 2.05) is 0 Å². The van der Waals surface area contributed by atoms with Gasteiger partial charge in [0.25, 0.3) is 0 Å². The lowest BCUT2D eigenvalue weighted by atomic mass is 9.89. The molecule has 0 aliphatic heterocycles. The number of fused-ring (bicyclic) bond motifs is 13. The molecule has 0 spiro atoms. The predicted octanol–water partition coefficient (Wildman–Crippen LogP) is 14.9. The number of nitrogens with zero attached hydrogens (tertiary/aromatic N) is 2. The van der Waals surface area contributed by atoms with Gasteiger partial charge in [-0.3, -0.25) is 0 Å². The molecule has 59 heavy (non-hydrogen) atoms. The van der Waals surface area contributed by atoms with Crippen LogP contribution in [-0.4, -0.2) is 9.13 Å². The standard InChI is InChI=1S/C55H34N2O2/c1-3-15-34(16-4-1)31-44-51(35-17-5-2-6-18-35)52-42-32-36(56-45-23-11-7-19-38(45)39-20-8-12-24-46(39)56)27-29-49(42)59-55(52)53-43-33-37(28-30-50(43)58-54(44)53)57-47-25-13-9-21-40(47)41-22-10-14-26-48(41)57/h1-30,32-33H,31H2. The minimum absolute atomic E-state index is 0.691. The van der Waals surface area contributed by atoms with Crippen LogP contribution in [0.25, 0.3) is 110 Å². The minimum Gasteiger partial charge on any atom is -0.456 e. The summed E-state index contributed by atoms with van der Waals surface area (Å²) in [5, 5.41) is 9.13. The Balaban J connectivity index is 1.17. The first-order chi connectivity index (χ1) is 29.3. The third-order valence-corrected chi connectivity index (χ3v) is 12.4. The Morgan fingerprint density at radius 3 is 1.29 bits per heavy atom. The molecule has 4 aromatic heterocycles. The van der Waals surface area contributed by atoms with Crippen LogP contribution in [0.5, 0.6) is 0 Å². The van der Waals surface area contributed by atoms with Crippen molar-refractivity contribution in [3.63, 3.8) is 0 Å². The van der Waals surface area contributed by atoms with Crippen molar-refractivity contribution in [3.8, 4) is 22.5 Å². The molecule has 4 heterocycles. The third-order valence-electron chi connectivity index (χ3n) is 12.4. The van der Waals surface area contributed by atoms with Crippen LogP contribution in [0, 0.1) is 0 Å². The van der Waals surface area contributed by atoms with Gasteiger partial charge < -0.3 is 18.0 Å². The van der Waals surface area contributed by atoms with E-state index in [2.05, 4.69) is 203 Å². The number of hydrogen-bond donors (Lipinski definition) is 0. The Morgan fingerprint density at radius 2 is 0.780 bits per heavy atom. The average Bonchev–Trinajstić information content (AvgIpc) is 4.05. The molecule has 0 aliphatic rings. The van der Waals surface area contributed by atoms with Crippen LogP contribution in [0.3, 0.4) is 0 Å². The molecule has 0 amide bonds. The van der Waals surface area contributed by atoms with E-state index in [0.717, 1.165) is 71.9 Å². The second kappa shape index (κ2) is 12.3. The maximum Gasteiger partial charge on any atom is 0.147 e. The molecule has 0 saturated carbocycles.